The number of hydrogen-bond donors (Lipinski definition) is 0. The highest BCUT2D eigenvalue weighted by molar-refractivity contribution is 5.92. The molecule has 0 bridgehead atoms. The van der Waals surface area contributed by atoms with Crippen molar-refractivity contribution in [3.8, 4) is 0 Å². The van der Waals surface area contributed by atoms with Crippen molar-refractivity contribution in [2.45, 2.75) is 53.1 Å². The van der Waals surface area contributed by atoms with Crippen LogP contribution in [0.15, 0.2) is 4.42 Å². The van der Waals surface area contributed by atoms with E-state index in [0.29, 0.717) is 29.9 Å². The van der Waals surface area contributed by atoms with Crippen LogP contribution in [-0.4, -0.2) is 31.6 Å². The van der Waals surface area contributed by atoms with Crippen LogP contribution in [0.4, 0.5) is 0 Å². The highest BCUT2D eigenvalue weighted by Crippen LogP contribution is 2.31. The van der Waals surface area contributed by atoms with Crippen LogP contribution in [0.2, 0.25) is 0 Å². The predicted molar refractivity (Wildman–Crippen MR) is 81.6 cm³/mol. The third-order valence-electron chi connectivity index (χ3n) is 4.33. The van der Waals surface area contributed by atoms with Crippen molar-refractivity contribution >= 4 is 5.91 Å². The summed E-state index contributed by atoms with van der Waals surface area (Å²) >= 11 is 0. The summed E-state index contributed by atoms with van der Waals surface area (Å²) in [6.07, 6.45) is 2.10. The lowest BCUT2D eigenvalue weighted by Gasteiger charge is -2.21. The smallest absolute Gasteiger partial charge is 0.292 e. The molecule has 0 aliphatic heterocycles. The molecule has 0 spiro atoms. The van der Waals surface area contributed by atoms with E-state index in [1.807, 2.05) is 37.4 Å². The number of amides is 1. The van der Waals surface area contributed by atoms with Gasteiger partial charge in [0.05, 0.1) is 17.9 Å². The van der Waals surface area contributed by atoms with Crippen molar-refractivity contribution in [3.05, 3.63) is 34.3 Å². The lowest BCUT2D eigenvalue weighted by molar-refractivity contribution is 0.0694. The number of hydrogen-bond acceptors (Lipinski definition) is 4. The zero-order valence-corrected chi connectivity index (χ0v) is 13.8. The Hall–Kier alpha value is -2.11. The predicted octanol–water partition coefficient (Wildman–Crippen LogP) is 2.45. The van der Waals surface area contributed by atoms with E-state index in [1.54, 1.807) is 6.92 Å². The van der Waals surface area contributed by atoms with Crippen LogP contribution < -0.4 is 0 Å². The fourth-order valence-electron chi connectivity index (χ4n) is 2.83. The van der Waals surface area contributed by atoms with Gasteiger partial charge in [-0.15, -0.1) is 0 Å². The molecule has 3 rings (SSSR count). The highest BCUT2D eigenvalue weighted by atomic mass is 16.4. The first-order chi connectivity index (χ1) is 10.4. The molecule has 0 atom stereocenters. The van der Waals surface area contributed by atoms with Gasteiger partial charge in [-0.1, -0.05) is 0 Å². The molecule has 0 saturated heterocycles. The third-order valence-corrected chi connectivity index (χ3v) is 4.33. The normalized spacial score (nSPS) is 14.4. The largest absolute Gasteiger partial charge is 0.436 e. The summed E-state index contributed by atoms with van der Waals surface area (Å²) in [6, 6.07) is 0.302. The van der Waals surface area contributed by atoms with Gasteiger partial charge in [-0.3, -0.25) is 9.48 Å². The summed E-state index contributed by atoms with van der Waals surface area (Å²) in [5.74, 6) is 0.831. The Balaban J connectivity index is 1.90. The van der Waals surface area contributed by atoms with Crippen LogP contribution in [0.1, 0.15) is 51.9 Å². The second kappa shape index (κ2) is 5.26. The molecule has 2 aromatic heterocycles. The van der Waals surface area contributed by atoms with Crippen LogP contribution in [0, 0.1) is 27.7 Å². The lowest BCUT2D eigenvalue weighted by atomic mass is 10.1. The second-order valence-electron chi connectivity index (χ2n) is 6.08. The van der Waals surface area contributed by atoms with Gasteiger partial charge >= 0.3 is 0 Å². The van der Waals surface area contributed by atoms with E-state index in [4.69, 9.17) is 4.42 Å². The summed E-state index contributed by atoms with van der Waals surface area (Å²) in [4.78, 5) is 19.0. The minimum absolute atomic E-state index is 0.0664. The Labute approximate surface area is 130 Å². The molecule has 0 radical (unpaired) electrons. The van der Waals surface area contributed by atoms with E-state index in [9.17, 15) is 4.79 Å². The van der Waals surface area contributed by atoms with Crippen LogP contribution in [0.5, 0.6) is 0 Å². The molecule has 0 N–H and O–H groups in total. The van der Waals surface area contributed by atoms with Crippen molar-refractivity contribution in [3.63, 3.8) is 0 Å². The van der Waals surface area contributed by atoms with E-state index < -0.39 is 0 Å². The van der Waals surface area contributed by atoms with E-state index in [0.717, 1.165) is 29.8 Å². The van der Waals surface area contributed by atoms with Gasteiger partial charge in [0, 0.05) is 31.3 Å². The Morgan fingerprint density at radius 1 is 1.27 bits per heavy atom. The van der Waals surface area contributed by atoms with E-state index in [2.05, 4.69) is 10.1 Å². The van der Waals surface area contributed by atoms with Crippen LogP contribution in [0.3, 0.4) is 0 Å². The van der Waals surface area contributed by atoms with Gasteiger partial charge in [0.25, 0.3) is 5.91 Å². The Kier molecular flexibility index (Phi) is 3.54. The number of aryl methyl sites for hydroxylation is 4. The number of aromatic nitrogens is 3. The van der Waals surface area contributed by atoms with Crippen LogP contribution in [-0.2, 0) is 13.6 Å². The van der Waals surface area contributed by atoms with Gasteiger partial charge in [-0.05, 0) is 33.6 Å². The summed E-state index contributed by atoms with van der Waals surface area (Å²) in [7, 11) is 1.93. The molecular formula is C16H22N4O2. The summed E-state index contributed by atoms with van der Waals surface area (Å²) < 4.78 is 7.38. The van der Waals surface area contributed by atoms with E-state index >= 15 is 0 Å². The van der Waals surface area contributed by atoms with Gasteiger partial charge in [0.1, 0.15) is 0 Å². The van der Waals surface area contributed by atoms with Crippen LogP contribution in [0.25, 0.3) is 0 Å². The van der Waals surface area contributed by atoms with Crippen molar-refractivity contribution in [1.82, 2.24) is 19.7 Å². The lowest BCUT2D eigenvalue weighted by Crippen LogP contribution is -2.33. The third kappa shape index (κ3) is 2.53. The molecule has 22 heavy (non-hydrogen) atoms. The quantitative estimate of drug-likeness (QED) is 0.870. The Morgan fingerprint density at radius 3 is 2.41 bits per heavy atom. The number of oxazole rings is 1. The van der Waals surface area contributed by atoms with Gasteiger partial charge in [-0.2, -0.15) is 5.10 Å². The molecule has 2 heterocycles. The summed E-state index contributed by atoms with van der Waals surface area (Å²) in [5.41, 5.74) is 3.86. The molecule has 0 aromatic carbocycles. The van der Waals surface area contributed by atoms with Crippen molar-refractivity contribution < 1.29 is 9.21 Å². The second-order valence-corrected chi connectivity index (χ2v) is 6.08. The number of rotatable bonds is 4. The van der Waals surface area contributed by atoms with Crippen molar-refractivity contribution in [2.75, 3.05) is 0 Å². The number of carbonyl (C=O) groups is 1. The molecule has 1 amide bonds. The monoisotopic (exact) mass is 302 g/mol. The van der Waals surface area contributed by atoms with Crippen LogP contribution >= 0.6 is 0 Å². The average molecular weight is 302 g/mol. The number of nitrogens with zero attached hydrogens (tertiary/aromatic N) is 4. The van der Waals surface area contributed by atoms with Gasteiger partial charge in [-0.25, -0.2) is 4.98 Å². The molecule has 1 aliphatic carbocycles. The Morgan fingerprint density at radius 2 is 1.95 bits per heavy atom. The first-order valence-corrected chi connectivity index (χ1v) is 7.62. The van der Waals surface area contributed by atoms with Gasteiger partial charge in [0.15, 0.2) is 5.89 Å². The first-order valence-electron chi connectivity index (χ1n) is 7.62. The molecular weight excluding hydrogens is 280 g/mol. The van der Waals surface area contributed by atoms with Crippen molar-refractivity contribution in [1.29, 1.82) is 0 Å². The fourth-order valence-corrected chi connectivity index (χ4v) is 2.83. The maximum Gasteiger partial charge on any atom is 0.292 e. The number of carbonyl (C=O) groups excluding carboxylic acids is 1. The Bertz CT molecular complexity index is 725. The molecule has 1 aliphatic rings. The maximum atomic E-state index is 12.9. The average Bonchev–Trinajstić information content (AvgIpc) is 3.18. The molecule has 2 aromatic rings. The minimum Gasteiger partial charge on any atom is -0.436 e. The molecule has 118 valence electrons. The fraction of sp³-hybridized carbons (Fsp3) is 0.562. The highest BCUT2D eigenvalue weighted by Gasteiger charge is 2.36. The molecule has 6 heteroatoms. The maximum absolute atomic E-state index is 12.9. The summed E-state index contributed by atoms with van der Waals surface area (Å²) in [5, 5.41) is 4.44. The molecule has 1 fully saturated rings. The summed E-state index contributed by atoms with van der Waals surface area (Å²) in [6.45, 7) is 8.18. The topological polar surface area (TPSA) is 64.2 Å². The van der Waals surface area contributed by atoms with Gasteiger partial charge < -0.3 is 9.32 Å². The molecule has 6 nitrogen and oxygen atoms in total. The molecule has 1 saturated carbocycles. The van der Waals surface area contributed by atoms with E-state index in [-0.39, 0.29) is 5.91 Å². The SMILES string of the molecule is Cc1nc(C)c(C(=O)N(Cc2c(C)nn(C)c2C)C2CC2)o1. The minimum atomic E-state index is -0.0664. The van der Waals surface area contributed by atoms with Gasteiger partial charge in [0.2, 0.25) is 5.76 Å². The standard InChI is InChI=1S/C16H22N4O2/c1-9-14(11(3)19(5)18-9)8-20(13-6-7-13)16(21)15-10(2)17-12(4)22-15/h13H,6-8H2,1-5H3. The first kappa shape index (κ1) is 14.8. The van der Waals surface area contributed by atoms with E-state index in [1.165, 1.54) is 0 Å². The van der Waals surface area contributed by atoms with Crippen molar-refractivity contribution in [2.24, 2.45) is 7.05 Å². The zero-order valence-electron chi connectivity index (χ0n) is 13.8. The molecule has 0 unspecified atom stereocenters. The zero-order chi connectivity index (χ0) is 16.0.